The van der Waals surface area contributed by atoms with Gasteiger partial charge in [0, 0.05) is 5.69 Å². The Balaban J connectivity index is 1.59. The lowest BCUT2D eigenvalue weighted by atomic mass is 10.2. The zero-order valence-corrected chi connectivity index (χ0v) is 13.8. The van der Waals surface area contributed by atoms with Gasteiger partial charge in [0.2, 0.25) is 0 Å². The van der Waals surface area contributed by atoms with E-state index in [0.29, 0.717) is 31.0 Å². The molecule has 3 heterocycles. The van der Waals surface area contributed by atoms with Gasteiger partial charge in [0.05, 0.1) is 37.2 Å². The van der Waals surface area contributed by atoms with E-state index in [9.17, 15) is 0 Å². The monoisotopic (exact) mass is 345 g/mol. The first-order valence-electron chi connectivity index (χ1n) is 8.05. The third kappa shape index (κ3) is 3.21. The molecular weight excluding hydrogens is 330 g/mol. The first kappa shape index (κ1) is 15.7. The Hall–Kier alpha value is -3.80. The number of nitriles is 1. The third-order valence-corrected chi connectivity index (χ3v) is 3.87. The van der Waals surface area contributed by atoms with Gasteiger partial charge in [-0.05, 0) is 17.7 Å². The number of benzene rings is 1. The van der Waals surface area contributed by atoms with Crippen LogP contribution in [0.1, 0.15) is 12.0 Å². The largest absolute Gasteiger partial charge is 0.340 e. The average Bonchev–Trinajstić information content (AvgIpc) is 3.31. The summed E-state index contributed by atoms with van der Waals surface area (Å²) in [6.45, 7) is 1.14. The van der Waals surface area contributed by atoms with Crippen LogP contribution in [-0.2, 0) is 13.1 Å². The molecule has 1 aromatic carbocycles. The van der Waals surface area contributed by atoms with Crippen molar-refractivity contribution >= 4 is 22.5 Å². The summed E-state index contributed by atoms with van der Waals surface area (Å²) in [5, 5.41) is 21.3. The van der Waals surface area contributed by atoms with Crippen LogP contribution >= 0.6 is 0 Å². The molecular formula is C17H15N9. The van der Waals surface area contributed by atoms with Crippen molar-refractivity contribution in [3.05, 3.63) is 55.0 Å². The highest BCUT2D eigenvalue weighted by Gasteiger charge is 2.10. The average molecular weight is 345 g/mol. The molecule has 0 spiro atoms. The fraction of sp³-hybridized carbons (Fsp3) is 0.176. The van der Waals surface area contributed by atoms with Gasteiger partial charge in [-0.3, -0.25) is 0 Å². The van der Waals surface area contributed by atoms with E-state index in [1.807, 2.05) is 24.3 Å². The van der Waals surface area contributed by atoms with Crippen LogP contribution in [0, 0.1) is 11.3 Å². The van der Waals surface area contributed by atoms with Crippen LogP contribution in [0.25, 0.3) is 11.0 Å². The van der Waals surface area contributed by atoms with Gasteiger partial charge in [-0.15, -0.1) is 0 Å². The van der Waals surface area contributed by atoms with Crippen molar-refractivity contribution in [3.63, 3.8) is 0 Å². The fourth-order valence-corrected chi connectivity index (χ4v) is 2.70. The molecule has 0 saturated carbocycles. The van der Waals surface area contributed by atoms with E-state index < -0.39 is 0 Å². The van der Waals surface area contributed by atoms with Crippen LogP contribution in [0.4, 0.5) is 11.5 Å². The lowest BCUT2D eigenvalue weighted by molar-refractivity contribution is 0.643. The molecule has 0 amide bonds. The summed E-state index contributed by atoms with van der Waals surface area (Å²) in [5.74, 6) is 0.677. The SMILES string of the molecule is N#CCCn1ncc2c(Nc3cccc(Cn4cncn4)c3)ncnc21. The van der Waals surface area contributed by atoms with Gasteiger partial charge in [0.1, 0.15) is 24.8 Å². The molecule has 0 bridgehead atoms. The zero-order valence-electron chi connectivity index (χ0n) is 13.8. The smallest absolute Gasteiger partial charge is 0.163 e. The van der Waals surface area contributed by atoms with Crippen molar-refractivity contribution in [2.24, 2.45) is 0 Å². The highest BCUT2D eigenvalue weighted by Crippen LogP contribution is 2.23. The van der Waals surface area contributed by atoms with Gasteiger partial charge in [-0.2, -0.15) is 15.5 Å². The van der Waals surface area contributed by atoms with E-state index in [1.54, 1.807) is 21.9 Å². The predicted molar refractivity (Wildman–Crippen MR) is 94.4 cm³/mol. The number of fused-ring (bicyclic) bond motifs is 1. The lowest BCUT2D eigenvalue weighted by Gasteiger charge is -2.09. The van der Waals surface area contributed by atoms with Gasteiger partial charge in [-0.1, -0.05) is 12.1 Å². The minimum absolute atomic E-state index is 0.383. The van der Waals surface area contributed by atoms with E-state index in [2.05, 4.69) is 36.5 Å². The van der Waals surface area contributed by atoms with Gasteiger partial charge < -0.3 is 5.32 Å². The summed E-state index contributed by atoms with van der Waals surface area (Å²) in [6.07, 6.45) is 6.80. The molecule has 9 heteroatoms. The topological polar surface area (TPSA) is 110 Å². The quantitative estimate of drug-likeness (QED) is 0.570. The van der Waals surface area contributed by atoms with Crippen molar-refractivity contribution in [2.75, 3.05) is 5.32 Å². The standard InChI is InChI=1S/C17H15N9/c18-5-2-6-26-17-15(8-22-26)16(20-11-21-17)24-14-4-1-3-13(7-14)9-25-12-19-10-23-25/h1,3-4,7-8,10-12H,2,6,9H2,(H,20,21,24). The summed E-state index contributed by atoms with van der Waals surface area (Å²) in [7, 11) is 0. The molecule has 0 unspecified atom stereocenters. The molecule has 0 radical (unpaired) electrons. The maximum atomic E-state index is 8.76. The number of anilines is 2. The summed E-state index contributed by atoms with van der Waals surface area (Å²) >= 11 is 0. The zero-order chi connectivity index (χ0) is 17.8. The summed E-state index contributed by atoms with van der Waals surface area (Å²) in [5.41, 5.74) is 2.71. The molecule has 0 fully saturated rings. The number of aryl methyl sites for hydroxylation is 1. The van der Waals surface area contributed by atoms with E-state index >= 15 is 0 Å². The van der Waals surface area contributed by atoms with Crippen LogP contribution in [0.15, 0.2) is 49.4 Å². The molecule has 128 valence electrons. The Bertz CT molecular complexity index is 1060. The van der Waals surface area contributed by atoms with Crippen molar-refractivity contribution < 1.29 is 0 Å². The first-order valence-corrected chi connectivity index (χ1v) is 8.05. The van der Waals surface area contributed by atoms with Crippen LogP contribution < -0.4 is 5.32 Å². The minimum atomic E-state index is 0.383. The van der Waals surface area contributed by atoms with Crippen molar-refractivity contribution in [1.82, 2.24) is 34.5 Å². The number of aromatic nitrogens is 7. The molecule has 9 nitrogen and oxygen atoms in total. The Morgan fingerprint density at radius 1 is 1.15 bits per heavy atom. The highest BCUT2D eigenvalue weighted by molar-refractivity contribution is 5.88. The normalized spacial score (nSPS) is 10.7. The third-order valence-electron chi connectivity index (χ3n) is 3.87. The van der Waals surface area contributed by atoms with Crippen molar-refractivity contribution in [1.29, 1.82) is 5.26 Å². The van der Waals surface area contributed by atoms with Gasteiger partial charge in [-0.25, -0.2) is 24.3 Å². The van der Waals surface area contributed by atoms with Crippen molar-refractivity contribution in [2.45, 2.75) is 19.5 Å². The molecule has 26 heavy (non-hydrogen) atoms. The number of nitrogens with one attached hydrogen (secondary N) is 1. The van der Waals surface area contributed by atoms with Crippen LogP contribution in [0.3, 0.4) is 0 Å². The second-order valence-electron chi connectivity index (χ2n) is 5.65. The maximum absolute atomic E-state index is 8.76. The highest BCUT2D eigenvalue weighted by atomic mass is 15.3. The predicted octanol–water partition coefficient (Wildman–Crippen LogP) is 2.12. The second kappa shape index (κ2) is 6.98. The Morgan fingerprint density at radius 3 is 2.96 bits per heavy atom. The Kier molecular flexibility index (Phi) is 4.22. The van der Waals surface area contributed by atoms with Gasteiger partial charge in [0.25, 0.3) is 0 Å². The molecule has 4 rings (SSSR count). The molecule has 0 aliphatic heterocycles. The number of hydrogen-bond donors (Lipinski definition) is 1. The maximum Gasteiger partial charge on any atom is 0.163 e. The lowest BCUT2D eigenvalue weighted by Crippen LogP contribution is -2.02. The number of hydrogen-bond acceptors (Lipinski definition) is 7. The Labute approximate surface area is 149 Å². The van der Waals surface area contributed by atoms with E-state index in [0.717, 1.165) is 16.6 Å². The molecule has 0 aliphatic carbocycles. The second-order valence-corrected chi connectivity index (χ2v) is 5.65. The minimum Gasteiger partial charge on any atom is -0.340 e. The van der Waals surface area contributed by atoms with E-state index in [4.69, 9.17) is 5.26 Å². The molecule has 1 N–H and O–H groups in total. The fourth-order valence-electron chi connectivity index (χ4n) is 2.70. The van der Waals surface area contributed by atoms with Crippen LogP contribution in [0.2, 0.25) is 0 Å². The van der Waals surface area contributed by atoms with Gasteiger partial charge in [0.15, 0.2) is 5.65 Å². The Morgan fingerprint density at radius 2 is 2.12 bits per heavy atom. The number of rotatable bonds is 6. The van der Waals surface area contributed by atoms with Crippen LogP contribution in [-0.4, -0.2) is 34.5 Å². The van der Waals surface area contributed by atoms with E-state index in [-0.39, 0.29) is 0 Å². The van der Waals surface area contributed by atoms with Crippen molar-refractivity contribution in [3.8, 4) is 6.07 Å². The van der Waals surface area contributed by atoms with E-state index in [1.165, 1.54) is 12.7 Å². The summed E-state index contributed by atoms with van der Waals surface area (Å²) in [6, 6.07) is 10.1. The molecule has 3 aromatic heterocycles. The molecule has 0 aliphatic rings. The van der Waals surface area contributed by atoms with Gasteiger partial charge >= 0.3 is 0 Å². The molecule has 4 aromatic rings. The summed E-state index contributed by atoms with van der Waals surface area (Å²) < 4.78 is 3.48. The molecule has 0 atom stereocenters. The van der Waals surface area contributed by atoms with Crippen LogP contribution in [0.5, 0.6) is 0 Å². The number of nitrogens with zero attached hydrogens (tertiary/aromatic N) is 8. The molecule has 0 saturated heterocycles. The first-order chi connectivity index (χ1) is 12.8. The summed E-state index contributed by atoms with van der Waals surface area (Å²) in [4.78, 5) is 12.6.